The summed E-state index contributed by atoms with van der Waals surface area (Å²) in [7, 11) is 0. The summed E-state index contributed by atoms with van der Waals surface area (Å²) >= 11 is 7.22. The first kappa shape index (κ1) is 22.3. The van der Waals surface area contributed by atoms with Crippen LogP contribution in [0.3, 0.4) is 0 Å². The largest absolute Gasteiger partial charge is 0.486 e. The molecule has 0 fully saturated rings. The first-order chi connectivity index (χ1) is 14.9. The zero-order chi connectivity index (χ0) is 22.4. The molecular weight excluding hydrogens is 438 g/mol. The number of thiazole rings is 1. The molecule has 0 saturated heterocycles. The van der Waals surface area contributed by atoms with Gasteiger partial charge >= 0.3 is 5.97 Å². The van der Waals surface area contributed by atoms with Crippen LogP contribution in [-0.4, -0.2) is 23.0 Å². The highest BCUT2D eigenvalue weighted by Gasteiger charge is 2.21. The summed E-state index contributed by atoms with van der Waals surface area (Å²) in [6.07, 6.45) is -1.06. The predicted octanol–water partition coefficient (Wildman–Crippen LogP) is 4.74. The topological polar surface area (TPSA) is 101 Å². The number of carbonyl (C=O) groups is 2. The second-order valence-corrected chi connectivity index (χ2v) is 7.92. The van der Waals surface area contributed by atoms with Crippen LogP contribution < -0.4 is 10.1 Å². The number of aromatic nitrogens is 1. The predicted molar refractivity (Wildman–Crippen MR) is 117 cm³/mol. The van der Waals surface area contributed by atoms with Crippen molar-refractivity contribution in [2.45, 2.75) is 26.6 Å². The Balaban J connectivity index is 1.53. The van der Waals surface area contributed by atoms with Crippen LogP contribution in [0.4, 0.5) is 5.69 Å². The van der Waals surface area contributed by atoms with E-state index in [1.165, 1.54) is 36.5 Å². The molecule has 1 aromatic heterocycles. The molecular formula is C22H18ClN3O4S. The Kier molecular flexibility index (Phi) is 7.23. The van der Waals surface area contributed by atoms with E-state index in [2.05, 4.69) is 10.3 Å². The van der Waals surface area contributed by atoms with Crippen LogP contribution in [0.15, 0.2) is 47.8 Å². The summed E-state index contributed by atoms with van der Waals surface area (Å²) in [6, 6.07) is 14.0. The number of carbonyl (C=O) groups excluding carboxylic acids is 2. The fraction of sp³-hybridized carbons (Fsp3) is 0.182. The number of anilines is 1. The number of halogens is 1. The first-order valence-electron chi connectivity index (χ1n) is 9.21. The van der Waals surface area contributed by atoms with Crippen LogP contribution in [0, 0.1) is 18.3 Å². The lowest BCUT2D eigenvalue weighted by Crippen LogP contribution is -2.30. The average Bonchev–Trinajstić information content (AvgIpc) is 3.22. The minimum Gasteiger partial charge on any atom is -0.486 e. The fourth-order valence-corrected chi connectivity index (χ4v) is 3.35. The molecule has 1 amide bonds. The molecule has 0 aliphatic heterocycles. The quantitative estimate of drug-likeness (QED) is 0.516. The number of hydrogen-bond donors (Lipinski definition) is 1. The number of benzene rings is 2. The van der Waals surface area contributed by atoms with E-state index in [0.29, 0.717) is 22.0 Å². The second-order valence-electron chi connectivity index (χ2n) is 6.57. The van der Waals surface area contributed by atoms with Crippen molar-refractivity contribution in [3.63, 3.8) is 0 Å². The van der Waals surface area contributed by atoms with E-state index < -0.39 is 18.0 Å². The van der Waals surface area contributed by atoms with Crippen molar-refractivity contribution in [1.29, 1.82) is 5.26 Å². The summed E-state index contributed by atoms with van der Waals surface area (Å²) in [5, 5.41) is 13.9. The highest BCUT2D eigenvalue weighted by atomic mass is 35.5. The molecule has 7 nitrogen and oxygen atoms in total. The van der Waals surface area contributed by atoms with Gasteiger partial charge in [0.1, 0.15) is 23.4 Å². The van der Waals surface area contributed by atoms with Crippen LogP contribution in [0.5, 0.6) is 5.75 Å². The monoisotopic (exact) mass is 455 g/mol. The van der Waals surface area contributed by atoms with E-state index in [4.69, 9.17) is 26.3 Å². The minimum absolute atomic E-state index is 0.105. The molecule has 158 valence electrons. The maximum atomic E-state index is 12.3. The van der Waals surface area contributed by atoms with Gasteiger partial charge in [-0.25, -0.2) is 9.78 Å². The third kappa shape index (κ3) is 6.04. The number of amides is 1. The van der Waals surface area contributed by atoms with Crippen molar-refractivity contribution in [3.05, 3.63) is 74.7 Å². The molecule has 31 heavy (non-hydrogen) atoms. The number of ether oxygens (including phenoxy) is 2. The van der Waals surface area contributed by atoms with Crippen LogP contribution in [-0.2, 0) is 16.1 Å². The van der Waals surface area contributed by atoms with Crippen LogP contribution in [0.2, 0.25) is 5.02 Å². The lowest BCUT2D eigenvalue weighted by Gasteiger charge is -2.13. The van der Waals surface area contributed by atoms with Gasteiger partial charge in [0, 0.05) is 11.1 Å². The van der Waals surface area contributed by atoms with Gasteiger partial charge in [-0.15, -0.1) is 11.3 Å². The van der Waals surface area contributed by atoms with E-state index in [1.54, 1.807) is 5.38 Å². The number of nitriles is 1. The van der Waals surface area contributed by atoms with Gasteiger partial charge < -0.3 is 14.8 Å². The van der Waals surface area contributed by atoms with Gasteiger partial charge in [0.25, 0.3) is 5.91 Å². The van der Waals surface area contributed by atoms with Gasteiger partial charge in [-0.2, -0.15) is 5.26 Å². The lowest BCUT2D eigenvalue weighted by molar-refractivity contribution is -0.123. The molecule has 0 spiro atoms. The Morgan fingerprint density at radius 2 is 2.00 bits per heavy atom. The van der Waals surface area contributed by atoms with Crippen LogP contribution in [0.25, 0.3) is 0 Å². The van der Waals surface area contributed by atoms with E-state index >= 15 is 0 Å². The van der Waals surface area contributed by atoms with Crippen molar-refractivity contribution < 1.29 is 19.1 Å². The summed E-state index contributed by atoms with van der Waals surface area (Å²) in [4.78, 5) is 28.8. The number of nitrogens with zero attached hydrogens (tertiary/aromatic N) is 2. The molecule has 1 heterocycles. The Bertz CT molecular complexity index is 1140. The highest BCUT2D eigenvalue weighted by molar-refractivity contribution is 7.09. The molecule has 0 aliphatic rings. The molecule has 0 radical (unpaired) electrons. The van der Waals surface area contributed by atoms with Crippen LogP contribution in [0.1, 0.15) is 33.5 Å². The van der Waals surface area contributed by atoms with E-state index in [9.17, 15) is 9.59 Å². The molecule has 3 aromatic rings. The van der Waals surface area contributed by atoms with Crippen molar-refractivity contribution >= 4 is 40.5 Å². The number of nitrogens with one attached hydrogen (secondary N) is 1. The summed E-state index contributed by atoms with van der Waals surface area (Å²) in [6.45, 7) is 3.66. The van der Waals surface area contributed by atoms with Gasteiger partial charge in [-0.3, -0.25) is 4.79 Å². The Labute approximate surface area is 188 Å². The zero-order valence-electron chi connectivity index (χ0n) is 16.7. The van der Waals surface area contributed by atoms with Crippen molar-refractivity contribution in [2.24, 2.45) is 0 Å². The molecule has 0 saturated carbocycles. The smallest absolute Gasteiger partial charge is 0.358 e. The van der Waals surface area contributed by atoms with Gasteiger partial charge in [0.2, 0.25) is 0 Å². The van der Waals surface area contributed by atoms with E-state index in [-0.39, 0.29) is 17.3 Å². The number of aryl methyl sites for hydroxylation is 1. The molecule has 1 unspecified atom stereocenters. The Morgan fingerprint density at radius 1 is 1.26 bits per heavy atom. The zero-order valence-corrected chi connectivity index (χ0v) is 18.3. The summed E-state index contributed by atoms with van der Waals surface area (Å²) in [5.41, 5.74) is 1.92. The van der Waals surface area contributed by atoms with E-state index in [0.717, 1.165) is 5.56 Å². The molecule has 0 bridgehead atoms. The molecule has 9 heteroatoms. The van der Waals surface area contributed by atoms with Crippen molar-refractivity contribution in [2.75, 3.05) is 5.32 Å². The molecule has 1 N–H and O–H groups in total. The molecule has 2 aromatic carbocycles. The molecule has 0 aliphatic carbocycles. The minimum atomic E-state index is -1.06. The fourth-order valence-electron chi connectivity index (χ4n) is 2.45. The van der Waals surface area contributed by atoms with Gasteiger partial charge in [0.05, 0.1) is 10.6 Å². The number of hydrogen-bond acceptors (Lipinski definition) is 7. The maximum Gasteiger partial charge on any atom is 0.358 e. The van der Waals surface area contributed by atoms with E-state index in [1.807, 2.05) is 37.3 Å². The van der Waals surface area contributed by atoms with Crippen molar-refractivity contribution in [1.82, 2.24) is 4.98 Å². The first-order valence-corrected chi connectivity index (χ1v) is 10.5. The standard InChI is InChI=1S/C22H18ClN3O4S/c1-13-3-7-17(8-4-13)29-11-20-26-19(12-31-20)22(28)30-14(2)21(27)25-16-6-5-15(10-24)18(23)9-16/h3-9,12,14H,11H2,1-2H3,(H,25,27). The third-order valence-electron chi connectivity index (χ3n) is 4.15. The SMILES string of the molecule is Cc1ccc(OCc2nc(C(=O)OC(C)C(=O)Nc3ccc(C#N)c(Cl)c3)cs2)cc1. The van der Waals surface area contributed by atoms with Crippen molar-refractivity contribution in [3.8, 4) is 11.8 Å². The third-order valence-corrected chi connectivity index (χ3v) is 5.29. The van der Waals surface area contributed by atoms with Gasteiger partial charge in [0.15, 0.2) is 11.8 Å². The molecule has 3 rings (SSSR count). The maximum absolute atomic E-state index is 12.3. The Hall–Kier alpha value is -3.41. The summed E-state index contributed by atoms with van der Waals surface area (Å²) in [5.74, 6) is -0.538. The van der Waals surface area contributed by atoms with Gasteiger partial charge in [-0.1, -0.05) is 29.3 Å². The lowest BCUT2D eigenvalue weighted by atomic mass is 10.2. The number of esters is 1. The number of rotatable bonds is 7. The molecule has 1 atom stereocenters. The van der Waals surface area contributed by atoms with Gasteiger partial charge in [-0.05, 0) is 44.2 Å². The highest BCUT2D eigenvalue weighted by Crippen LogP contribution is 2.21. The summed E-state index contributed by atoms with van der Waals surface area (Å²) < 4.78 is 10.9. The second kappa shape index (κ2) is 10.1. The van der Waals surface area contributed by atoms with Crippen LogP contribution >= 0.6 is 22.9 Å². The Morgan fingerprint density at radius 3 is 2.68 bits per heavy atom. The average molecular weight is 456 g/mol. The normalized spacial score (nSPS) is 11.3.